The summed E-state index contributed by atoms with van der Waals surface area (Å²) < 4.78 is 33.9. The standard InChI is InChI=1S/C17H24N4O3S2/c1-26(22,23)21(10-13-9-20-7-3-2-6-16(20)18-13)11-14-12-25-17(19-14)15-5-4-8-24-15/h9,12,15H,2-8,10-11H2,1H3. The minimum atomic E-state index is -3.36. The monoisotopic (exact) mass is 396 g/mol. The van der Waals surface area contributed by atoms with Crippen LogP contribution in [0.2, 0.25) is 0 Å². The molecule has 1 saturated heterocycles. The Morgan fingerprint density at radius 3 is 2.85 bits per heavy atom. The molecule has 0 N–H and O–H groups in total. The zero-order valence-corrected chi connectivity index (χ0v) is 16.6. The van der Waals surface area contributed by atoms with Gasteiger partial charge in [-0.1, -0.05) is 0 Å². The highest BCUT2D eigenvalue weighted by molar-refractivity contribution is 7.88. The Morgan fingerprint density at radius 1 is 1.27 bits per heavy atom. The van der Waals surface area contributed by atoms with Crippen molar-refractivity contribution in [3.05, 3.63) is 33.8 Å². The number of imidazole rings is 1. The van der Waals surface area contributed by atoms with E-state index in [0.29, 0.717) is 0 Å². The Hall–Kier alpha value is -1.29. The summed E-state index contributed by atoms with van der Waals surface area (Å²) in [5, 5.41) is 2.89. The van der Waals surface area contributed by atoms with E-state index in [4.69, 9.17) is 4.74 Å². The molecule has 0 spiro atoms. The van der Waals surface area contributed by atoms with Gasteiger partial charge in [-0.05, 0) is 25.7 Å². The lowest BCUT2D eigenvalue weighted by atomic mass is 10.2. The van der Waals surface area contributed by atoms with Gasteiger partial charge in [0.15, 0.2) is 0 Å². The molecule has 142 valence electrons. The molecule has 1 unspecified atom stereocenters. The van der Waals surface area contributed by atoms with Crippen molar-refractivity contribution in [2.45, 2.75) is 57.8 Å². The highest BCUT2D eigenvalue weighted by Gasteiger charge is 2.24. The van der Waals surface area contributed by atoms with Crippen LogP contribution < -0.4 is 0 Å². The van der Waals surface area contributed by atoms with E-state index < -0.39 is 10.0 Å². The van der Waals surface area contributed by atoms with E-state index in [1.54, 1.807) is 11.3 Å². The summed E-state index contributed by atoms with van der Waals surface area (Å²) in [5.74, 6) is 1.06. The number of sulfonamides is 1. The van der Waals surface area contributed by atoms with Crippen molar-refractivity contribution in [2.24, 2.45) is 0 Å². The van der Waals surface area contributed by atoms with Crippen LogP contribution in [0.3, 0.4) is 0 Å². The van der Waals surface area contributed by atoms with Crippen molar-refractivity contribution in [3.8, 4) is 0 Å². The number of aromatic nitrogens is 3. The molecule has 1 atom stereocenters. The second kappa shape index (κ2) is 7.38. The van der Waals surface area contributed by atoms with E-state index in [0.717, 1.165) is 67.5 Å². The van der Waals surface area contributed by atoms with Crippen molar-refractivity contribution >= 4 is 21.4 Å². The fourth-order valence-electron chi connectivity index (χ4n) is 3.52. The van der Waals surface area contributed by atoms with E-state index in [1.807, 2.05) is 11.6 Å². The van der Waals surface area contributed by atoms with Crippen LogP contribution in [-0.2, 0) is 40.8 Å². The fraction of sp³-hybridized carbons (Fsp3) is 0.647. The molecular formula is C17H24N4O3S2. The Balaban J connectivity index is 1.49. The number of aryl methyl sites for hydroxylation is 2. The maximum Gasteiger partial charge on any atom is 0.211 e. The van der Waals surface area contributed by atoms with E-state index in [9.17, 15) is 8.42 Å². The summed E-state index contributed by atoms with van der Waals surface area (Å²) in [4.78, 5) is 9.25. The molecule has 2 aliphatic heterocycles. The third-order valence-electron chi connectivity index (χ3n) is 4.88. The maximum absolute atomic E-state index is 12.3. The zero-order valence-electron chi connectivity index (χ0n) is 14.9. The number of ether oxygens (including phenoxy) is 1. The lowest BCUT2D eigenvalue weighted by Gasteiger charge is -2.17. The van der Waals surface area contributed by atoms with Gasteiger partial charge in [0, 0.05) is 31.1 Å². The Labute approximate surface area is 158 Å². The molecule has 0 bridgehead atoms. The third kappa shape index (κ3) is 4.00. The summed E-state index contributed by atoms with van der Waals surface area (Å²) in [6.45, 7) is 2.30. The molecule has 2 aromatic heterocycles. The molecule has 0 aliphatic carbocycles. The Morgan fingerprint density at radius 2 is 2.12 bits per heavy atom. The zero-order chi connectivity index (χ0) is 18.1. The molecule has 26 heavy (non-hydrogen) atoms. The van der Waals surface area contributed by atoms with Crippen molar-refractivity contribution in [3.63, 3.8) is 0 Å². The first kappa shape index (κ1) is 18.1. The summed E-state index contributed by atoms with van der Waals surface area (Å²) in [6.07, 6.45) is 8.63. The highest BCUT2D eigenvalue weighted by atomic mass is 32.2. The molecule has 9 heteroatoms. The van der Waals surface area contributed by atoms with Gasteiger partial charge in [0.1, 0.15) is 16.9 Å². The average molecular weight is 397 g/mol. The lowest BCUT2D eigenvalue weighted by molar-refractivity contribution is 0.111. The van der Waals surface area contributed by atoms with Gasteiger partial charge < -0.3 is 9.30 Å². The predicted molar refractivity (Wildman–Crippen MR) is 99.3 cm³/mol. The normalized spacial score (nSPS) is 20.6. The summed E-state index contributed by atoms with van der Waals surface area (Å²) in [7, 11) is -3.36. The van der Waals surface area contributed by atoms with Crippen LogP contribution >= 0.6 is 11.3 Å². The number of fused-ring (bicyclic) bond motifs is 1. The highest BCUT2D eigenvalue weighted by Crippen LogP contribution is 2.31. The molecule has 7 nitrogen and oxygen atoms in total. The minimum absolute atomic E-state index is 0.0697. The first-order valence-corrected chi connectivity index (χ1v) is 11.8. The molecule has 0 amide bonds. The smallest absolute Gasteiger partial charge is 0.211 e. The van der Waals surface area contributed by atoms with Gasteiger partial charge in [0.05, 0.1) is 30.7 Å². The van der Waals surface area contributed by atoms with Gasteiger partial charge in [-0.3, -0.25) is 0 Å². The van der Waals surface area contributed by atoms with Gasteiger partial charge in [-0.15, -0.1) is 11.3 Å². The summed E-state index contributed by atoms with van der Waals surface area (Å²) in [5.41, 5.74) is 1.58. The maximum atomic E-state index is 12.3. The molecule has 1 fully saturated rings. The topological polar surface area (TPSA) is 77.3 Å². The fourth-order valence-corrected chi connectivity index (χ4v) is 5.14. The summed E-state index contributed by atoms with van der Waals surface area (Å²) >= 11 is 1.55. The van der Waals surface area contributed by atoms with Gasteiger partial charge in [-0.25, -0.2) is 18.4 Å². The number of rotatable bonds is 6. The van der Waals surface area contributed by atoms with Gasteiger partial charge in [0.25, 0.3) is 0 Å². The molecule has 4 rings (SSSR count). The SMILES string of the molecule is CS(=O)(=O)N(Cc1csc(C2CCCO2)n1)Cc1cn2c(n1)CCCC2. The second-order valence-electron chi connectivity index (χ2n) is 7.01. The first-order valence-electron chi connectivity index (χ1n) is 9.05. The molecule has 0 saturated carbocycles. The average Bonchev–Trinajstić information content (AvgIpc) is 3.33. The van der Waals surface area contributed by atoms with Crippen molar-refractivity contribution in [1.29, 1.82) is 0 Å². The number of thiazole rings is 1. The van der Waals surface area contributed by atoms with Gasteiger partial charge >= 0.3 is 0 Å². The van der Waals surface area contributed by atoms with Crippen LogP contribution in [0, 0.1) is 0 Å². The molecule has 0 radical (unpaired) electrons. The van der Waals surface area contributed by atoms with Crippen molar-refractivity contribution < 1.29 is 13.2 Å². The van der Waals surface area contributed by atoms with Gasteiger partial charge in [0.2, 0.25) is 10.0 Å². The first-order chi connectivity index (χ1) is 12.5. The number of hydrogen-bond donors (Lipinski definition) is 0. The lowest BCUT2D eigenvalue weighted by Crippen LogP contribution is -2.29. The third-order valence-corrected chi connectivity index (χ3v) is 7.06. The second-order valence-corrected chi connectivity index (χ2v) is 9.88. The quantitative estimate of drug-likeness (QED) is 0.750. The predicted octanol–water partition coefficient (Wildman–Crippen LogP) is 2.49. The summed E-state index contributed by atoms with van der Waals surface area (Å²) in [6, 6.07) is 0. The van der Waals surface area contributed by atoms with Gasteiger partial charge in [-0.2, -0.15) is 4.31 Å². The van der Waals surface area contributed by atoms with Crippen molar-refractivity contribution in [2.75, 3.05) is 12.9 Å². The van der Waals surface area contributed by atoms with E-state index in [2.05, 4.69) is 14.5 Å². The minimum Gasteiger partial charge on any atom is -0.371 e. The number of hydrogen-bond acceptors (Lipinski definition) is 6. The van der Waals surface area contributed by atoms with Crippen LogP contribution in [0.1, 0.15) is 54.0 Å². The van der Waals surface area contributed by atoms with Crippen LogP contribution in [-0.4, -0.2) is 40.1 Å². The molecule has 4 heterocycles. The molecule has 2 aromatic rings. The largest absolute Gasteiger partial charge is 0.371 e. The van der Waals surface area contributed by atoms with Crippen LogP contribution in [0.5, 0.6) is 0 Å². The van der Waals surface area contributed by atoms with E-state index in [1.165, 1.54) is 10.6 Å². The van der Waals surface area contributed by atoms with Crippen molar-refractivity contribution in [1.82, 2.24) is 18.8 Å². The Bertz CT molecular complexity index is 845. The number of nitrogens with zero attached hydrogens (tertiary/aromatic N) is 4. The van der Waals surface area contributed by atoms with Crippen LogP contribution in [0.15, 0.2) is 11.6 Å². The van der Waals surface area contributed by atoms with E-state index in [-0.39, 0.29) is 19.2 Å². The molecular weight excluding hydrogens is 372 g/mol. The van der Waals surface area contributed by atoms with Crippen LogP contribution in [0.4, 0.5) is 0 Å². The van der Waals surface area contributed by atoms with Crippen LogP contribution in [0.25, 0.3) is 0 Å². The molecule has 2 aliphatic rings. The van der Waals surface area contributed by atoms with E-state index >= 15 is 0 Å². The molecule has 0 aromatic carbocycles. The Kier molecular flexibility index (Phi) is 5.13.